The largest absolute Gasteiger partial charge is 0.353 e. The lowest BCUT2D eigenvalue weighted by atomic mass is 9.96. The molecule has 0 radical (unpaired) electrons. The minimum Gasteiger partial charge on any atom is -0.353 e. The number of piperidine rings is 1. The van der Waals surface area contributed by atoms with Crippen LogP contribution < -0.4 is 5.32 Å². The number of aryl methyl sites for hydroxylation is 1. The predicted octanol–water partition coefficient (Wildman–Crippen LogP) is 3.51. The molecule has 1 aliphatic heterocycles. The lowest BCUT2D eigenvalue weighted by Gasteiger charge is -2.32. The van der Waals surface area contributed by atoms with Gasteiger partial charge in [-0.2, -0.15) is 0 Å². The van der Waals surface area contributed by atoms with Crippen molar-refractivity contribution < 1.29 is 4.79 Å². The number of rotatable bonds is 6. The Morgan fingerprint density at radius 1 is 1.45 bits per heavy atom. The number of benzene rings is 1. The van der Waals surface area contributed by atoms with Crippen LogP contribution in [0.2, 0.25) is 0 Å². The zero-order valence-electron chi connectivity index (χ0n) is 14.3. The molecule has 2 atom stereocenters. The lowest BCUT2D eigenvalue weighted by Crippen LogP contribution is -2.45. The van der Waals surface area contributed by atoms with Crippen LogP contribution in [0.3, 0.4) is 0 Å². The fourth-order valence-electron chi connectivity index (χ4n) is 3.35. The van der Waals surface area contributed by atoms with Crippen molar-refractivity contribution in [2.24, 2.45) is 5.92 Å². The van der Waals surface area contributed by atoms with Crippen LogP contribution in [0.4, 0.5) is 0 Å². The highest BCUT2D eigenvalue weighted by Crippen LogP contribution is 2.19. The zero-order chi connectivity index (χ0) is 15.9. The van der Waals surface area contributed by atoms with Crippen molar-refractivity contribution in [3.05, 3.63) is 35.4 Å². The summed E-state index contributed by atoms with van der Waals surface area (Å²) >= 11 is 0. The molecule has 0 aliphatic carbocycles. The van der Waals surface area contributed by atoms with E-state index in [1.54, 1.807) is 0 Å². The summed E-state index contributed by atoms with van der Waals surface area (Å²) in [6.45, 7) is 9.34. The highest BCUT2D eigenvalue weighted by Gasteiger charge is 2.26. The van der Waals surface area contributed by atoms with E-state index in [0.29, 0.717) is 6.04 Å². The van der Waals surface area contributed by atoms with Gasteiger partial charge in [-0.3, -0.25) is 9.69 Å². The number of hydrogen-bond acceptors (Lipinski definition) is 2. The fourth-order valence-corrected chi connectivity index (χ4v) is 3.35. The summed E-state index contributed by atoms with van der Waals surface area (Å²) in [5.41, 5.74) is 2.65. The van der Waals surface area contributed by atoms with Crippen molar-refractivity contribution in [1.29, 1.82) is 0 Å². The van der Waals surface area contributed by atoms with E-state index in [2.05, 4.69) is 55.3 Å². The molecule has 3 heteroatoms. The van der Waals surface area contributed by atoms with Crippen LogP contribution in [-0.4, -0.2) is 29.9 Å². The smallest absolute Gasteiger partial charge is 0.224 e. The van der Waals surface area contributed by atoms with E-state index in [0.717, 1.165) is 45.3 Å². The zero-order valence-corrected chi connectivity index (χ0v) is 14.3. The van der Waals surface area contributed by atoms with Crippen molar-refractivity contribution in [3.8, 4) is 0 Å². The van der Waals surface area contributed by atoms with Crippen LogP contribution in [0.1, 0.15) is 50.7 Å². The highest BCUT2D eigenvalue weighted by atomic mass is 16.2. The van der Waals surface area contributed by atoms with Crippen LogP contribution in [0.15, 0.2) is 24.3 Å². The van der Waals surface area contributed by atoms with Crippen molar-refractivity contribution in [3.63, 3.8) is 0 Å². The lowest BCUT2D eigenvalue weighted by molar-refractivity contribution is -0.127. The highest BCUT2D eigenvalue weighted by molar-refractivity contribution is 5.79. The molecule has 1 amide bonds. The van der Waals surface area contributed by atoms with E-state index >= 15 is 0 Å². The van der Waals surface area contributed by atoms with Crippen LogP contribution >= 0.6 is 0 Å². The van der Waals surface area contributed by atoms with Gasteiger partial charge in [0, 0.05) is 19.1 Å². The standard InChI is InChI=1S/C19H30N2O/c1-4-7-16(3)20-19(22)18-10-6-11-21(14-18)13-17-9-5-8-15(2)12-17/h5,8-9,12,16,18H,4,6-7,10-11,13-14H2,1-3H3,(H,20,22). The molecule has 0 spiro atoms. The summed E-state index contributed by atoms with van der Waals surface area (Å²) in [6.07, 6.45) is 4.32. The fraction of sp³-hybridized carbons (Fsp3) is 0.632. The Bertz CT molecular complexity index is 486. The van der Waals surface area contributed by atoms with Gasteiger partial charge in [0.25, 0.3) is 0 Å². The molecule has 2 rings (SSSR count). The monoisotopic (exact) mass is 302 g/mol. The van der Waals surface area contributed by atoms with Gasteiger partial charge in [0.05, 0.1) is 5.92 Å². The normalized spacial score (nSPS) is 20.6. The van der Waals surface area contributed by atoms with E-state index in [4.69, 9.17) is 0 Å². The van der Waals surface area contributed by atoms with Crippen molar-refractivity contribution in [2.75, 3.05) is 13.1 Å². The molecule has 0 saturated carbocycles. The molecule has 122 valence electrons. The first-order valence-corrected chi connectivity index (χ1v) is 8.66. The van der Waals surface area contributed by atoms with E-state index in [1.807, 2.05) is 0 Å². The first kappa shape index (κ1) is 17.0. The molecule has 3 nitrogen and oxygen atoms in total. The minimum absolute atomic E-state index is 0.151. The van der Waals surface area contributed by atoms with Gasteiger partial charge in [-0.15, -0.1) is 0 Å². The summed E-state index contributed by atoms with van der Waals surface area (Å²) in [7, 11) is 0. The molecule has 2 unspecified atom stereocenters. The Hall–Kier alpha value is -1.35. The minimum atomic E-state index is 0.151. The van der Waals surface area contributed by atoms with Crippen LogP contribution in [-0.2, 0) is 11.3 Å². The summed E-state index contributed by atoms with van der Waals surface area (Å²) in [4.78, 5) is 14.8. The van der Waals surface area contributed by atoms with Crippen LogP contribution in [0.5, 0.6) is 0 Å². The molecule has 1 aromatic carbocycles. The van der Waals surface area contributed by atoms with E-state index in [9.17, 15) is 4.79 Å². The molecule has 0 bridgehead atoms. The average Bonchev–Trinajstić information content (AvgIpc) is 2.47. The number of amides is 1. The van der Waals surface area contributed by atoms with Crippen molar-refractivity contribution >= 4 is 5.91 Å². The molecule has 1 heterocycles. The predicted molar refractivity (Wildman–Crippen MR) is 91.7 cm³/mol. The van der Waals surface area contributed by atoms with Gasteiger partial charge in [0.2, 0.25) is 5.91 Å². The molecule has 1 N–H and O–H groups in total. The molecule has 1 saturated heterocycles. The molecule has 1 aromatic rings. The third kappa shape index (κ3) is 5.13. The quantitative estimate of drug-likeness (QED) is 0.872. The van der Waals surface area contributed by atoms with E-state index in [-0.39, 0.29) is 11.8 Å². The maximum atomic E-state index is 12.4. The van der Waals surface area contributed by atoms with Gasteiger partial charge < -0.3 is 5.32 Å². The topological polar surface area (TPSA) is 32.3 Å². The number of likely N-dealkylation sites (tertiary alicyclic amines) is 1. The Kier molecular flexibility index (Phi) is 6.44. The Balaban J connectivity index is 1.87. The van der Waals surface area contributed by atoms with Crippen molar-refractivity contribution in [1.82, 2.24) is 10.2 Å². The molecular weight excluding hydrogens is 272 g/mol. The maximum absolute atomic E-state index is 12.4. The first-order valence-electron chi connectivity index (χ1n) is 8.66. The molecular formula is C19H30N2O. The molecule has 22 heavy (non-hydrogen) atoms. The van der Waals surface area contributed by atoms with Gasteiger partial charge >= 0.3 is 0 Å². The van der Waals surface area contributed by atoms with Gasteiger partial charge in [-0.1, -0.05) is 43.2 Å². The summed E-state index contributed by atoms with van der Waals surface area (Å²) in [5.74, 6) is 0.396. The summed E-state index contributed by atoms with van der Waals surface area (Å²) < 4.78 is 0. The van der Waals surface area contributed by atoms with E-state index < -0.39 is 0 Å². The number of carbonyl (C=O) groups is 1. The SMILES string of the molecule is CCCC(C)NC(=O)C1CCCN(Cc2cccc(C)c2)C1. The maximum Gasteiger partial charge on any atom is 0.224 e. The van der Waals surface area contributed by atoms with Gasteiger partial charge in [-0.05, 0) is 45.2 Å². The number of nitrogens with zero attached hydrogens (tertiary/aromatic N) is 1. The Labute approximate surface area is 135 Å². The Morgan fingerprint density at radius 3 is 3.00 bits per heavy atom. The third-order valence-corrected chi connectivity index (χ3v) is 4.48. The van der Waals surface area contributed by atoms with Crippen LogP contribution in [0, 0.1) is 12.8 Å². The molecule has 1 aliphatic rings. The Morgan fingerprint density at radius 2 is 2.27 bits per heavy atom. The number of hydrogen-bond donors (Lipinski definition) is 1. The van der Waals surface area contributed by atoms with Gasteiger partial charge in [0.15, 0.2) is 0 Å². The molecule has 1 fully saturated rings. The molecule has 0 aromatic heterocycles. The average molecular weight is 302 g/mol. The summed E-state index contributed by atoms with van der Waals surface area (Å²) in [6, 6.07) is 8.97. The first-order chi connectivity index (χ1) is 10.6. The second-order valence-corrected chi connectivity index (χ2v) is 6.76. The summed E-state index contributed by atoms with van der Waals surface area (Å²) in [5, 5.41) is 3.18. The van der Waals surface area contributed by atoms with E-state index in [1.165, 1.54) is 11.1 Å². The number of carbonyl (C=O) groups excluding carboxylic acids is 1. The third-order valence-electron chi connectivity index (χ3n) is 4.48. The van der Waals surface area contributed by atoms with Crippen LogP contribution in [0.25, 0.3) is 0 Å². The van der Waals surface area contributed by atoms with Gasteiger partial charge in [0.1, 0.15) is 0 Å². The van der Waals surface area contributed by atoms with Gasteiger partial charge in [-0.25, -0.2) is 0 Å². The van der Waals surface area contributed by atoms with Crippen molar-refractivity contribution in [2.45, 2.75) is 59.0 Å². The second kappa shape index (κ2) is 8.33. The second-order valence-electron chi connectivity index (χ2n) is 6.76. The number of nitrogens with one attached hydrogen (secondary N) is 1.